The van der Waals surface area contributed by atoms with Gasteiger partial charge in [0.2, 0.25) is 0 Å². The largest absolute Gasteiger partial charge is 0.372 e. The van der Waals surface area contributed by atoms with Gasteiger partial charge in [-0.3, -0.25) is 0 Å². The second kappa shape index (κ2) is 8.36. The number of nitrogens with zero attached hydrogens (tertiary/aromatic N) is 3. The normalized spacial score (nSPS) is 22.2. The summed E-state index contributed by atoms with van der Waals surface area (Å²) < 4.78 is 5.73. The lowest BCUT2D eigenvalue weighted by atomic mass is 10.2. The van der Waals surface area contributed by atoms with Crippen LogP contribution in [0.5, 0.6) is 0 Å². The summed E-state index contributed by atoms with van der Waals surface area (Å²) in [5, 5.41) is 0. The number of nitrogens with two attached hydrogens (primary N) is 2. The summed E-state index contributed by atoms with van der Waals surface area (Å²) in [6.45, 7) is 9.87. The molecule has 0 aromatic heterocycles. The van der Waals surface area contributed by atoms with Gasteiger partial charge in [0.05, 0.1) is 18.4 Å². The minimum absolute atomic E-state index is 0.0574. The third kappa shape index (κ3) is 5.88. The molecule has 0 aromatic rings. The molecule has 6 heteroatoms. The zero-order valence-corrected chi connectivity index (χ0v) is 14.5. The van der Waals surface area contributed by atoms with Gasteiger partial charge in [0, 0.05) is 24.8 Å². The van der Waals surface area contributed by atoms with Crippen LogP contribution >= 0.6 is 0 Å². The van der Waals surface area contributed by atoms with Gasteiger partial charge < -0.3 is 26.0 Å². The van der Waals surface area contributed by atoms with Gasteiger partial charge in [-0.05, 0) is 52.3 Å². The molecule has 130 valence electrons. The highest BCUT2D eigenvalue weighted by Gasteiger charge is 2.24. The SMILES string of the molecule is C=C(/C=C(/COC1CC1)N=C(N)N)N(CC)CC1CCCN1C. The Morgan fingerprint density at radius 3 is 2.65 bits per heavy atom. The van der Waals surface area contributed by atoms with E-state index in [0.29, 0.717) is 18.8 Å². The van der Waals surface area contributed by atoms with Gasteiger partial charge in [0.15, 0.2) is 5.96 Å². The maximum absolute atomic E-state index is 5.73. The summed E-state index contributed by atoms with van der Waals surface area (Å²) >= 11 is 0. The molecule has 0 bridgehead atoms. The van der Waals surface area contributed by atoms with Gasteiger partial charge in [0.1, 0.15) is 0 Å². The van der Waals surface area contributed by atoms with E-state index >= 15 is 0 Å². The topological polar surface area (TPSA) is 80.1 Å². The second-order valence-corrected chi connectivity index (χ2v) is 6.49. The molecule has 2 rings (SSSR count). The molecule has 0 amide bonds. The van der Waals surface area contributed by atoms with E-state index in [0.717, 1.165) is 37.3 Å². The van der Waals surface area contributed by atoms with Crippen LogP contribution in [0.1, 0.15) is 32.6 Å². The van der Waals surface area contributed by atoms with Crippen molar-refractivity contribution in [2.24, 2.45) is 16.5 Å². The van der Waals surface area contributed by atoms with Gasteiger partial charge in [-0.2, -0.15) is 0 Å². The molecule has 6 nitrogen and oxygen atoms in total. The number of ether oxygens (including phenoxy) is 1. The Kier molecular flexibility index (Phi) is 6.47. The molecule has 2 fully saturated rings. The Balaban J connectivity index is 1.98. The number of allylic oxidation sites excluding steroid dienone is 1. The van der Waals surface area contributed by atoms with E-state index in [1.165, 1.54) is 19.4 Å². The van der Waals surface area contributed by atoms with Crippen molar-refractivity contribution in [3.63, 3.8) is 0 Å². The summed E-state index contributed by atoms with van der Waals surface area (Å²) in [6.07, 6.45) is 7.09. The first-order valence-electron chi connectivity index (χ1n) is 8.55. The van der Waals surface area contributed by atoms with Crippen molar-refractivity contribution in [3.05, 3.63) is 24.0 Å². The van der Waals surface area contributed by atoms with Crippen molar-refractivity contribution < 1.29 is 4.74 Å². The van der Waals surface area contributed by atoms with Crippen LogP contribution in [0.3, 0.4) is 0 Å². The summed E-state index contributed by atoms with van der Waals surface area (Å²) in [4.78, 5) is 8.90. The van der Waals surface area contributed by atoms with E-state index in [9.17, 15) is 0 Å². The molecule has 1 aliphatic carbocycles. The first-order valence-corrected chi connectivity index (χ1v) is 8.55. The Bertz CT molecular complexity index is 466. The van der Waals surface area contributed by atoms with E-state index < -0.39 is 0 Å². The van der Waals surface area contributed by atoms with Crippen LogP contribution < -0.4 is 11.5 Å². The Labute approximate surface area is 139 Å². The van der Waals surface area contributed by atoms with Crippen LogP contribution in [0.2, 0.25) is 0 Å². The number of hydrogen-bond acceptors (Lipinski definition) is 4. The average Bonchev–Trinajstić information content (AvgIpc) is 3.24. The lowest BCUT2D eigenvalue weighted by molar-refractivity contribution is 0.140. The molecule has 1 atom stereocenters. The van der Waals surface area contributed by atoms with Crippen molar-refractivity contribution in [2.75, 3.05) is 33.3 Å². The molecule has 4 N–H and O–H groups in total. The summed E-state index contributed by atoms with van der Waals surface area (Å²) in [5.74, 6) is 0.0574. The minimum Gasteiger partial charge on any atom is -0.372 e. The van der Waals surface area contributed by atoms with Crippen LogP contribution in [-0.4, -0.2) is 61.2 Å². The maximum atomic E-state index is 5.73. The maximum Gasteiger partial charge on any atom is 0.190 e. The van der Waals surface area contributed by atoms with Gasteiger partial charge >= 0.3 is 0 Å². The second-order valence-electron chi connectivity index (χ2n) is 6.49. The van der Waals surface area contributed by atoms with Crippen LogP contribution in [0.15, 0.2) is 29.0 Å². The van der Waals surface area contributed by atoms with Crippen LogP contribution in [0.25, 0.3) is 0 Å². The standard InChI is InChI=1S/C17H31N5O/c1-4-22(11-15-6-5-9-21(15)3)13(2)10-14(20-17(18)19)12-23-16-7-8-16/h10,15-16H,2,4-9,11-12H2,1,3H3,(H4,18,19,20)/b14-10-. The third-order valence-corrected chi connectivity index (χ3v) is 4.49. The molecule has 23 heavy (non-hydrogen) atoms. The predicted octanol–water partition coefficient (Wildman–Crippen LogP) is 1.25. The minimum atomic E-state index is 0.0574. The molecular formula is C17H31N5O. The van der Waals surface area contributed by atoms with Crippen LogP contribution in [0.4, 0.5) is 0 Å². The van der Waals surface area contributed by atoms with Crippen LogP contribution in [0, 0.1) is 0 Å². The van der Waals surface area contributed by atoms with E-state index in [1.54, 1.807) is 0 Å². The van der Waals surface area contributed by atoms with Gasteiger partial charge in [0.25, 0.3) is 0 Å². The third-order valence-electron chi connectivity index (χ3n) is 4.49. The van der Waals surface area contributed by atoms with Gasteiger partial charge in [-0.25, -0.2) is 4.99 Å². The highest BCUT2D eigenvalue weighted by Crippen LogP contribution is 2.24. The Morgan fingerprint density at radius 1 is 1.39 bits per heavy atom. The fourth-order valence-corrected chi connectivity index (χ4v) is 2.91. The predicted molar refractivity (Wildman–Crippen MR) is 94.9 cm³/mol. The molecule has 2 aliphatic rings. The molecule has 0 radical (unpaired) electrons. The monoisotopic (exact) mass is 321 g/mol. The van der Waals surface area contributed by atoms with E-state index in [-0.39, 0.29) is 5.96 Å². The molecule has 0 spiro atoms. The van der Waals surface area contributed by atoms with E-state index in [1.807, 2.05) is 6.08 Å². The lowest BCUT2D eigenvalue weighted by Crippen LogP contribution is -2.37. The highest BCUT2D eigenvalue weighted by atomic mass is 16.5. The van der Waals surface area contributed by atoms with Crippen molar-refractivity contribution in [1.29, 1.82) is 0 Å². The summed E-state index contributed by atoms with van der Waals surface area (Å²) in [5.41, 5.74) is 12.7. The van der Waals surface area contributed by atoms with Crippen LogP contribution in [-0.2, 0) is 4.74 Å². The van der Waals surface area contributed by atoms with Crippen molar-refractivity contribution in [3.8, 4) is 0 Å². The average molecular weight is 321 g/mol. The van der Waals surface area contributed by atoms with E-state index in [2.05, 4.69) is 35.3 Å². The first-order chi connectivity index (χ1) is 11.0. The number of likely N-dealkylation sites (tertiary alicyclic amines) is 1. The fraction of sp³-hybridized carbons (Fsp3) is 0.706. The zero-order valence-electron chi connectivity index (χ0n) is 14.5. The quantitative estimate of drug-likeness (QED) is 0.379. The lowest BCUT2D eigenvalue weighted by Gasteiger charge is -2.30. The van der Waals surface area contributed by atoms with E-state index in [4.69, 9.17) is 16.2 Å². The molecular weight excluding hydrogens is 290 g/mol. The molecule has 1 saturated heterocycles. The molecule has 1 aliphatic heterocycles. The molecule has 1 unspecified atom stereocenters. The Morgan fingerprint density at radius 2 is 2.13 bits per heavy atom. The van der Waals surface area contributed by atoms with Gasteiger partial charge in [-0.15, -0.1) is 0 Å². The number of guanidine groups is 1. The number of hydrogen-bond donors (Lipinski definition) is 2. The molecule has 0 aromatic carbocycles. The van der Waals surface area contributed by atoms with Crippen molar-refractivity contribution in [2.45, 2.75) is 44.8 Å². The first kappa shape index (κ1) is 17.8. The van der Waals surface area contributed by atoms with Crippen molar-refractivity contribution >= 4 is 5.96 Å². The molecule has 1 saturated carbocycles. The number of rotatable bonds is 9. The summed E-state index contributed by atoms with van der Waals surface area (Å²) in [6, 6.07) is 0.592. The Hall–Kier alpha value is -1.53. The van der Waals surface area contributed by atoms with Crippen molar-refractivity contribution in [1.82, 2.24) is 9.80 Å². The highest BCUT2D eigenvalue weighted by molar-refractivity contribution is 5.76. The number of aliphatic imine (C=N–C) groups is 1. The molecule has 1 heterocycles. The number of likely N-dealkylation sites (N-methyl/N-ethyl adjacent to an activating group) is 2. The zero-order chi connectivity index (χ0) is 16.8. The fourth-order valence-electron chi connectivity index (χ4n) is 2.91. The smallest absolute Gasteiger partial charge is 0.190 e. The summed E-state index contributed by atoms with van der Waals surface area (Å²) in [7, 11) is 2.19. The van der Waals surface area contributed by atoms with Gasteiger partial charge in [-0.1, -0.05) is 6.58 Å².